The van der Waals surface area contributed by atoms with Gasteiger partial charge in [0, 0.05) is 5.56 Å². The van der Waals surface area contributed by atoms with E-state index in [1.54, 1.807) is 6.07 Å². The van der Waals surface area contributed by atoms with E-state index in [0.29, 0.717) is 12.4 Å². The molecule has 0 saturated heterocycles. The summed E-state index contributed by atoms with van der Waals surface area (Å²) < 4.78 is 5.83. The number of rotatable bonds is 1. The number of hydrogen-bond acceptors (Lipinski definition) is 2. The first-order chi connectivity index (χ1) is 8.59. The van der Waals surface area contributed by atoms with Crippen LogP contribution in [0.1, 0.15) is 25.0 Å². The number of phenols is 1. The molecule has 2 nitrogen and oxygen atoms in total. The maximum atomic E-state index is 10.0. The molecule has 1 aliphatic heterocycles. The highest BCUT2D eigenvalue weighted by Gasteiger charge is 2.33. The van der Waals surface area contributed by atoms with Gasteiger partial charge in [0.25, 0.3) is 0 Å². The number of aromatic hydroxyl groups is 1. The lowest BCUT2D eigenvalue weighted by Gasteiger charge is -2.22. The smallest absolute Gasteiger partial charge is 0.123 e. The van der Waals surface area contributed by atoms with E-state index in [1.807, 2.05) is 30.3 Å². The summed E-state index contributed by atoms with van der Waals surface area (Å²) in [5.74, 6) is 0.314. The summed E-state index contributed by atoms with van der Waals surface area (Å²) in [6, 6.07) is 13.6. The molecule has 2 aromatic rings. The third-order valence-corrected chi connectivity index (χ3v) is 3.54. The third-order valence-electron chi connectivity index (χ3n) is 3.54. The standard InChI is InChI=1S/C16H16O2/c1-16(2)15-11(10-18-16)6-5-8-13(15)12-7-3-4-9-14(12)17/h3-9,17H,10H2,1-2H3. The fourth-order valence-electron chi connectivity index (χ4n) is 2.69. The third kappa shape index (κ3) is 1.61. The van der Waals surface area contributed by atoms with Gasteiger partial charge in [-0.05, 0) is 36.6 Å². The summed E-state index contributed by atoms with van der Waals surface area (Å²) in [5, 5.41) is 10.0. The minimum atomic E-state index is -0.297. The van der Waals surface area contributed by atoms with Gasteiger partial charge in [0.05, 0.1) is 12.2 Å². The number of para-hydroxylation sites is 1. The Bertz CT molecular complexity index is 600. The second kappa shape index (κ2) is 3.85. The largest absolute Gasteiger partial charge is 0.507 e. The molecule has 2 aromatic carbocycles. The molecule has 0 aliphatic carbocycles. The summed E-state index contributed by atoms with van der Waals surface area (Å²) >= 11 is 0. The molecule has 92 valence electrons. The van der Waals surface area contributed by atoms with E-state index in [4.69, 9.17) is 4.74 Å². The van der Waals surface area contributed by atoms with Crippen molar-refractivity contribution < 1.29 is 9.84 Å². The quantitative estimate of drug-likeness (QED) is 0.821. The van der Waals surface area contributed by atoms with Crippen LogP contribution in [0.25, 0.3) is 11.1 Å². The van der Waals surface area contributed by atoms with Gasteiger partial charge in [-0.3, -0.25) is 0 Å². The van der Waals surface area contributed by atoms with Crippen LogP contribution in [0.15, 0.2) is 42.5 Å². The van der Waals surface area contributed by atoms with E-state index in [2.05, 4.69) is 19.9 Å². The SMILES string of the molecule is CC1(C)OCc2cccc(-c3ccccc3O)c21. The van der Waals surface area contributed by atoms with Crippen molar-refractivity contribution in [1.29, 1.82) is 0 Å². The molecule has 0 unspecified atom stereocenters. The Hall–Kier alpha value is -1.80. The van der Waals surface area contributed by atoms with Gasteiger partial charge >= 0.3 is 0 Å². The van der Waals surface area contributed by atoms with E-state index in [1.165, 1.54) is 11.1 Å². The Balaban J connectivity index is 2.27. The van der Waals surface area contributed by atoms with Gasteiger partial charge < -0.3 is 9.84 Å². The molecule has 0 radical (unpaired) electrons. The van der Waals surface area contributed by atoms with Crippen LogP contribution in [0, 0.1) is 0 Å². The average Bonchev–Trinajstić information content (AvgIpc) is 2.67. The number of fused-ring (bicyclic) bond motifs is 1. The topological polar surface area (TPSA) is 29.5 Å². The van der Waals surface area contributed by atoms with Gasteiger partial charge in [-0.1, -0.05) is 36.4 Å². The van der Waals surface area contributed by atoms with E-state index in [-0.39, 0.29) is 5.60 Å². The lowest BCUT2D eigenvalue weighted by molar-refractivity contribution is -0.00760. The molecule has 0 fully saturated rings. The van der Waals surface area contributed by atoms with Crippen LogP contribution in [0.3, 0.4) is 0 Å². The van der Waals surface area contributed by atoms with Gasteiger partial charge in [0.1, 0.15) is 5.75 Å². The van der Waals surface area contributed by atoms with E-state index >= 15 is 0 Å². The molecular formula is C16H16O2. The lowest BCUT2D eigenvalue weighted by Crippen LogP contribution is -2.15. The monoisotopic (exact) mass is 240 g/mol. The normalized spacial score (nSPS) is 16.6. The Morgan fingerprint density at radius 3 is 2.50 bits per heavy atom. The van der Waals surface area contributed by atoms with Crippen LogP contribution >= 0.6 is 0 Å². The second-order valence-electron chi connectivity index (χ2n) is 5.16. The molecule has 0 bridgehead atoms. The molecule has 0 atom stereocenters. The summed E-state index contributed by atoms with van der Waals surface area (Å²) in [4.78, 5) is 0. The summed E-state index contributed by atoms with van der Waals surface area (Å²) in [5.41, 5.74) is 4.03. The number of benzene rings is 2. The second-order valence-corrected chi connectivity index (χ2v) is 5.16. The first-order valence-corrected chi connectivity index (χ1v) is 6.14. The van der Waals surface area contributed by atoms with Crippen molar-refractivity contribution in [3.05, 3.63) is 53.6 Å². The van der Waals surface area contributed by atoms with E-state index in [9.17, 15) is 5.11 Å². The maximum Gasteiger partial charge on any atom is 0.123 e. The minimum Gasteiger partial charge on any atom is -0.507 e. The Morgan fingerprint density at radius 2 is 1.72 bits per heavy atom. The predicted octanol–water partition coefficient (Wildman–Crippen LogP) is 3.82. The highest BCUT2D eigenvalue weighted by atomic mass is 16.5. The van der Waals surface area contributed by atoms with Crippen molar-refractivity contribution in [2.75, 3.05) is 0 Å². The van der Waals surface area contributed by atoms with Crippen LogP contribution in [-0.2, 0) is 16.9 Å². The van der Waals surface area contributed by atoms with Crippen LogP contribution in [0.2, 0.25) is 0 Å². The minimum absolute atomic E-state index is 0.297. The number of hydrogen-bond donors (Lipinski definition) is 1. The molecule has 18 heavy (non-hydrogen) atoms. The van der Waals surface area contributed by atoms with Crippen LogP contribution in [0.5, 0.6) is 5.75 Å². The summed E-state index contributed by atoms with van der Waals surface area (Å²) in [7, 11) is 0. The molecule has 1 N–H and O–H groups in total. The van der Waals surface area contributed by atoms with Crippen LogP contribution < -0.4 is 0 Å². The van der Waals surface area contributed by atoms with Gasteiger partial charge in [0.15, 0.2) is 0 Å². The van der Waals surface area contributed by atoms with Crippen molar-refractivity contribution in [1.82, 2.24) is 0 Å². The zero-order chi connectivity index (χ0) is 12.8. The highest BCUT2D eigenvalue weighted by molar-refractivity contribution is 5.75. The molecule has 0 spiro atoms. The van der Waals surface area contributed by atoms with Gasteiger partial charge in [0.2, 0.25) is 0 Å². The first kappa shape index (κ1) is 11.3. The maximum absolute atomic E-state index is 10.0. The van der Waals surface area contributed by atoms with Gasteiger partial charge in [-0.15, -0.1) is 0 Å². The Labute approximate surface area is 107 Å². The zero-order valence-electron chi connectivity index (χ0n) is 10.6. The van der Waals surface area contributed by atoms with Gasteiger partial charge in [-0.2, -0.15) is 0 Å². The molecule has 2 heteroatoms. The molecule has 0 aromatic heterocycles. The number of ether oxygens (including phenoxy) is 1. The Kier molecular flexibility index (Phi) is 2.42. The molecule has 0 amide bonds. The average molecular weight is 240 g/mol. The summed E-state index contributed by atoms with van der Waals surface area (Å²) in [6.07, 6.45) is 0. The number of phenolic OH excluding ortho intramolecular Hbond substituents is 1. The van der Waals surface area contributed by atoms with Crippen molar-refractivity contribution in [2.24, 2.45) is 0 Å². The lowest BCUT2D eigenvalue weighted by atomic mass is 9.87. The molecule has 3 rings (SSSR count). The van der Waals surface area contributed by atoms with Crippen molar-refractivity contribution in [2.45, 2.75) is 26.1 Å². The molecule has 1 aliphatic rings. The van der Waals surface area contributed by atoms with Crippen molar-refractivity contribution in [3.8, 4) is 16.9 Å². The fraction of sp³-hybridized carbons (Fsp3) is 0.250. The molecule has 1 heterocycles. The fourth-order valence-corrected chi connectivity index (χ4v) is 2.69. The summed E-state index contributed by atoms with van der Waals surface area (Å²) in [6.45, 7) is 4.79. The van der Waals surface area contributed by atoms with Crippen LogP contribution in [-0.4, -0.2) is 5.11 Å². The molecular weight excluding hydrogens is 224 g/mol. The van der Waals surface area contributed by atoms with Crippen molar-refractivity contribution in [3.63, 3.8) is 0 Å². The highest BCUT2D eigenvalue weighted by Crippen LogP contribution is 2.43. The predicted molar refractivity (Wildman–Crippen MR) is 71.4 cm³/mol. The van der Waals surface area contributed by atoms with Crippen LogP contribution in [0.4, 0.5) is 0 Å². The van der Waals surface area contributed by atoms with E-state index < -0.39 is 0 Å². The van der Waals surface area contributed by atoms with E-state index in [0.717, 1.165) is 11.1 Å². The molecule has 0 saturated carbocycles. The zero-order valence-corrected chi connectivity index (χ0v) is 10.6. The van der Waals surface area contributed by atoms with Gasteiger partial charge in [-0.25, -0.2) is 0 Å². The van der Waals surface area contributed by atoms with Crippen molar-refractivity contribution >= 4 is 0 Å². The first-order valence-electron chi connectivity index (χ1n) is 6.14. The Morgan fingerprint density at radius 1 is 1.00 bits per heavy atom.